The maximum atomic E-state index is 13.6. The van der Waals surface area contributed by atoms with Gasteiger partial charge in [0.05, 0.1) is 12.8 Å². The number of halogens is 1. The van der Waals surface area contributed by atoms with E-state index in [1.54, 1.807) is 48.5 Å². The van der Waals surface area contributed by atoms with Gasteiger partial charge in [0.15, 0.2) is 0 Å². The van der Waals surface area contributed by atoms with Gasteiger partial charge in [0.25, 0.3) is 5.91 Å². The van der Waals surface area contributed by atoms with Crippen LogP contribution in [0.1, 0.15) is 22.3 Å². The number of ether oxygens (including phenoxy) is 1. The van der Waals surface area contributed by atoms with E-state index in [4.69, 9.17) is 4.74 Å². The number of amides is 2. The molecule has 1 unspecified atom stereocenters. The normalized spacial score (nSPS) is 11.4. The van der Waals surface area contributed by atoms with Crippen LogP contribution in [-0.2, 0) is 11.2 Å². The summed E-state index contributed by atoms with van der Waals surface area (Å²) in [5.41, 5.74) is 1.53. The zero-order valence-electron chi connectivity index (χ0n) is 17.0. The molecule has 0 spiro atoms. The van der Waals surface area contributed by atoms with E-state index in [-0.39, 0.29) is 23.8 Å². The number of aromatic hydroxyl groups is 1. The lowest BCUT2D eigenvalue weighted by atomic mass is 10.0. The third-order valence-corrected chi connectivity index (χ3v) is 4.66. The highest BCUT2D eigenvalue weighted by molar-refractivity contribution is 5.96. The number of carbonyl (C=O) groups excluding carboxylic acids is 2. The molecule has 3 aromatic rings. The summed E-state index contributed by atoms with van der Waals surface area (Å²) < 4.78 is 18.8. The lowest BCUT2D eigenvalue weighted by Crippen LogP contribution is -2.39. The summed E-state index contributed by atoms with van der Waals surface area (Å²) >= 11 is 0. The van der Waals surface area contributed by atoms with Crippen LogP contribution < -0.4 is 15.4 Å². The Morgan fingerprint density at radius 3 is 2.42 bits per heavy atom. The molecule has 0 heterocycles. The van der Waals surface area contributed by atoms with Crippen LogP contribution in [0, 0.1) is 5.82 Å². The molecule has 31 heavy (non-hydrogen) atoms. The van der Waals surface area contributed by atoms with Crippen molar-refractivity contribution in [3.63, 3.8) is 0 Å². The van der Waals surface area contributed by atoms with Gasteiger partial charge >= 0.3 is 0 Å². The van der Waals surface area contributed by atoms with Crippen LogP contribution in [0.3, 0.4) is 0 Å². The van der Waals surface area contributed by atoms with E-state index in [1.165, 1.54) is 25.3 Å². The van der Waals surface area contributed by atoms with Crippen molar-refractivity contribution in [1.29, 1.82) is 0 Å². The number of methoxy groups -OCH3 is 1. The first kappa shape index (κ1) is 21.8. The lowest BCUT2D eigenvalue weighted by Gasteiger charge is -2.19. The van der Waals surface area contributed by atoms with Crippen molar-refractivity contribution < 1.29 is 23.8 Å². The fourth-order valence-corrected chi connectivity index (χ4v) is 3.15. The lowest BCUT2D eigenvalue weighted by molar-refractivity contribution is -0.116. The van der Waals surface area contributed by atoms with Crippen LogP contribution >= 0.6 is 0 Å². The first-order chi connectivity index (χ1) is 14.9. The van der Waals surface area contributed by atoms with E-state index in [0.29, 0.717) is 17.7 Å². The Kier molecular flexibility index (Phi) is 7.22. The molecule has 3 rings (SSSR count). The van der Waals surface area contributed by atoms with Crippen molar-refractivity contribution in [1.82, 2.24) is 5.32 Å². The topological polar surface area (TPSA) is 87.7 Å². The van der Waals surface area contributed by atoms with E-state index in [2.05, 4.69) is 10.6 Å². The van der Waals surface area contributed by atoms with Crippen LogP contribution in [0.2, 0.25) is 0 Å². The first-order valence-corrected chi connectivity index (χ1v) is 9.72. The minimum absolute atomic E-state index is 0.0425. The van der Waals surface area contributed by atoms with Gasteiger partial charge in [0.2, 0.25) is 5.91 Å². The van der Waals surface area contributed by atoms with Crippen LogP contribution in [0.25, 0.3) is 0 Å². The van der Waals surface area contributed by atoms with E-state index in [1.807, 2.05) is 6.07 Å². The van der Waals surface area contributed by atoms with Crippen molar-refractivity contribution in [2.24, 2.45) is 0 Å². The molecule has 0 aliphatic heterocycles. The summed E-state index contributed by atoms with van der Waals surface area (Å²) in [5, 5.41) is 15.0. The average molecular weight is 422 g/mol. The average Bonchev–Trinajstić information content (AvgIpc) is 2.76. The standard InChI is InChI=1S/C24H23FN2O4/c1-31-22-12-9-18(25)14-21(22)27-23(29)15-19(13-16-7-10-20(28)11-8-16)26-24(30)17-5-3-2-4-6-17/h2-12,14,19,28H,13,15H2,1H3,(H,26,30)(H,27,29). The third-order valence-electron chi connectivity index (χ3n) is 4.66. The Labute approximate surface area is 179 Å². The highest BCUT2D eigenvalue weighted by Crippen LogP contribution is 2.25. The molecule has 3 aromatic carbocycles. The van der Waals surface area contributed by atoms with Crippen LogP contribution in [0.4, 0.5) is 10.1 Å². The number of benzene rings is 3. The highest BCUT2D eigenvalue weighted by atomic mass is 19.1. The molecule has 0 saturated heterocycles. The number of rotatable bonds is 8. The molecule has 0 fully saturated rings. The van der Waals surface area contributed by atoms with Crippen LogP contribution in [0.5, 0.6) is 11.5 Å². The van der Waals surface area contributed by atoms with Crippen molar-refractivity contribution in [2.75, 3.05) is 12.4 Å². The van der Waals surface area contributed by atoms with Crippen molar-refractivity contribution in [3.05, 3.63) is 89.7 Å². The van der Waals surface area contributed by atoms with Crippen molar-refractivity contribution >= 4 is 17.5 Å². The van der Waals surface area contributed by atoms with Gasteiger partial charge in [0, 0.05) is 24.1 Å². The number of nitrogens with one attached hydrogen (secondary N) is 2. The van der Waals surface area contributed by atoms with E-state index < -0.39 is 17.8 Å². The Morgan fingerprint density at radius 1 is 1.03 bits per heavy atom. The van der Waals surface area contributed by atoms with Gasteiger partial charge in [-0.25, -0.2) is 4.39 Å². The predicted molar refractivity (Wildman–Crippen MR) is 116 cm³/mol. The van der Waals surface area contributed by atoms with E-state index in [0.717, 1.165) is 5.56 Å². The fraction of sp³-hybridized carbons (Fsp3) is 0.167. The second kappa shape index (κ2) is 10.2. The quantitative estimate of drug-likeness (QED) is 0.514. The molecule has 0 radical (unpaired) electrons. The molecule has 0 aliphatic carbocycles. The molecule has 2 amide bonds. The second-order valence-corrected chi connectivity index (χ2v) is 7.00. The summed E-state index contributed by atoms with van der Waals surface area (Å²) in [6.45, 7) is 0. The van der Waals surface area contributed by atoms with Gasteiger partial charge in [0.1, 0.15) is 17.3 Å². The molecule has 0 aromatic heterocycles. The number of hydrogen-bond donors (Lipinski definition) is 3. The van der Waals surface area contributed by atoms with E-state index >= 15 is 0 Å². The van der Waals surface area contributed by atoms with Gasteiger partial charge in [-0.2, -0.15) is 0 Å². The molecule has 0 bridgehead atoms. The zero-order valence-corrected chi connectivity index (χ0v) is 17.0. The molecular weight excluding hydrogens is 399 g/mol. The number of anilines is 1. The maximum Gasteiger partial charge on any atom is 0.251 e. The Morgan fingerprint density at radius 2 is 1.74 bits per heavy atom. The predicted octanol–water partition coefficient (Wildman–Crippen LogP) is 3.91. The second-order valence-electron chi connectivity index (χ2n) is 7.00. The minimum Gasteiger partial charge on any atom is -0.508 e. The highest BCUT2D eigenvalue weighted by Gasteiger charge is 2.19. The fourth-order valence-electron chi connectivity index (χ4n) is 3.15. The minimum atomic E-state index is -0.531. The van der Waals surface area contributed by atoms with Gasteiger partial charge in [-0.3, -0.25) is 9.59 Å². The molecular formula is C24H23FN2O4. The number of phenols is 1. The molecule has 0 saturated carbocycles. The molecule has 7 heteroatoms. The smallest absolute Gasteiger partial charge is 0.251 e. The number of phenolic OH excluding ortho intramolecular Hbond substituents is 1. The zero-order chi connectivity index (χ0) is 22.2. The van der Waals surface area contributed by atoms with Gasteiger partial charge in [-0.15, -0.1) is 0 Å². The summed E-state index contributed by atoms with van der Waals surface area (Å²) in [6, 6.07) is 18.5. The van der Waals surface area contributed by atoms with Crippen molar-refractivity contribution in [2.45, 2.75) is 18.9 Å². The van der Waals surface area contributed by atoms with E-state index in [9.17, 15) is 19.1 Å². The molecule has 160 valence electrons. The summed E-state index contributed by atoms with van der Waals surface area (Å²) in [7, 11) is 1.43. The van der Waals surface area contributed by atoms with Crippen molar-refractivity contribution in [3.8, 4) is 11.5 Å². The summed E-state index contributed by atoms with van der Waals surface area (Å²) in [5.74, 6) is -0.751. The van der Waals surface area contributed by atoms with Gasteiger partial charge < -0.3 is 20.5 Å². The third kappa shape index (κ3) is 6.30. The largest absolute Gasteiger partial charge is 0.508 e. The summed E-state index contributed by atoms with van der Waals surface area (Å²) in [4.78, 5) is 25.3. The van der Waals surface area contributed by atoms with Gasteiger partial charge in [-0.1, -0.05) is 30.3 Å². The Hall–Kier alpha value is -3.87. The molecule has 0 aliphatic rings. The van der Waals surface area contributed by atoms with Crippen LogP contribution in [-0.4, -0.2) is 30.1 Å². The Balaban J connectivity index is 1.75. The molecule has 3 N–H and O–H groups in total. The van der Waals surface area contributed by atoms with Gasteiger partial charge in [-0.05, 0) is 48.4 Å². The summed E-state index contributed by atoms with van der Waals surface area (Å²) in [6.07, 6.45) is 0.325. The number of hydrogen-bond acceptors (Lipinski definition) is 4. The number of carbonyl (C=O) groups is 2. The maximum absolute atomic E-state index is 13.6. The monoisotopic (exact) mass is 422 g/mol. The molecule has 6 nitrogen and oxygen atoms in total. The molecule has 1 atom stereocenters. The van der Waals surface area contributed by atoms with Crippen LogP contribution in [0.15, 0.2) is 72.8 Å². The first-order valence-electron chi connectivity index (χ1n) is 9.72. The Bertz CT molecular complexity index is 1040. The SMILES string of the molecule is COc1ccc(F)cc1NC(=O)CC(Cc1ccc(O)cc1)NC(=O)c1ccccc1.